The lowest BCUT2D eigenvalue weighted by Crippen LogP contribution is -2.39. The van der Waals surface area contributed by atoms with Gasteiger partial charge in [-0.05, 0) is 12.1 Å². The van der Waals surface area contributed by atoms with Gasteiger partial charge in [0, 0.05) is 71.6 Å². The van der Waals surface area contributed by atoms with E-state index >= 15 is 0 Å². The summed E-state index contributed by atoms with van der Waals surface area (Å²) < 4.78 is 1.78. The molecular formula is C21H27N7O3. The van der Waals surface area contributed by atoms with Gasteiger partial charge in [0.05, 0.1) is 12.4 Å². The van der Waals surface area contributed by atoms with Crippen molar-refractivity contribution in [2.24, 2.45) is 5.92 Å². The third-order valence-electron chi connectivity index (χ3n) is 5.88. The van der Waals surface area contributed by atoms with Crippen LogP contribution >= 0.6 is 0 Å². The number of carbonyl (C=O) groups excluding carboxylic acids is 3. The molecule has 2 aromatic rings. The van der Waals surface area contributed by atoms with Gasteiger partial charge in [-0.3, -0.25) is 14.6 Å². The predicted molar refractivity (Wildman–Crippen MR) is 113 cm³/mol. The second-order valence-corrected chi connectivity index (χ2v) is 8.27. The Morgan fingerprint density at radius 1 is 1.19 bits per heavy atom. The number of pyridine rings is 1. The number of nitrogens with one attached hydrogen (secondary N) is 1. The quantitative estimate of drug-likeness (QED) is 0.768. The summed E-state index contributed by atoms with van der Waals surface area (Å²) in [6, 6.07) is 5.48. The first kappa shape index (κ1) is 20.8. The number of aromatic nitrogens is 3. The number of nitrogens with zero attached hydrogens (tertiary/aromatic N) is 6. The van der Waals surface area contributed by atoms with Gasteiger partial charge in [-0.15, -0.1) is 0 Å². The molecule has 10 nitrogen and oxygen atoms in total. The molecule has 31 heavy (non-hydrogen) atoms. The summed E-state index contributed by atoms with van der Waals surface area (Å²) in [6.45, 7) is 1.95. The molecule has 0 aromatic carbocycles. The average molecular weight is 425 g/mol. The highest BCUT2D eigenvalue weighted by atomic mass is 16.2. The van der Waals surface area contributed by atoms with E-state index in [0.29, 0.717) is 32.6 Å². The highest BCUT2D eigenvalue weighted by Crippen LogP contribution is 2.34. The van der Waals surface area contributed by atoms with Crippen molar-refractivity contribution in [3.05, 3.63) is 47.8 Å². The maximum absolute atomic E-state index is 13.1. The van der Waals surface area contributed by atoms with Gasteiger partial charge in [-0.25, -0.2) is 9.78 Å². The minimum Gasteiger partial charge on any atom is -0.350 e. The summed E-state index contributed by atoms with van der Waals surface area (Å²) in [5.74, 6) is -0.537. The van der Waals surface area contributed by atoms with Crippen LogP contribution in [0.4, 0.5) is 4.79 Å². The molecule has 2 aromatic heterocycles. The van der Waals surface area contributed by atoms with Crippen molar-refractivity contribution >= 4 is 17.8 Å². The van der Waals surface area contributed by atoms with Gasteiger partial charge in [0.1, 0.15) is 5.69 Å². The Morgan fingerprint density at radius 2 is 2.00 bits per heavy atom. The molecule has 2 aliphatic rings. The molecule has 1 N–H and O–H groups in total. The zero-order valence-corrected chi connectivity index (χ0v) is 18.0. The van der Waals surface area contributed by atoms with Crippen LogP contribution in [0.2, 0.25) is 0 Å². The molecule has 1 saturated heterocycles. The van der Waals surface area contributed by atoms with E-state index in [2.05, 4.69) is 15.3 Å². The van der Waals surface area contributed by atoms with Crippen molar-refractivity contribution in [3.8, 4) is 0 Å². The van der Waals surface area contributed by atoms with E-state index < -0.39 is 0 Å². The molecule has 0 radical (unpaired) electrons. The van der Waals surface area contributed by atoms with Gasteiger partial charge in [-0.2, -0.15) is 0 Å². The SMILES string of the molecule is CN(C)C(=O)N1CC2CN(C)C(=O)c3c(C(=O)NCCc4ccccn4)ncn3C2C1. The smallest absolute Gasteiger partial charge is 0.319 e. The Hall–Kier alpha value is -3.43. The van der Waals surface area contributed by atoms with Crippen LogP contribution in [0.1, 0.15) is 32.7 Å². The van der Waals surface area contributed by atoms with Crippen LogP contribution in [0.25, 0.3) is 0 Å². The van der Waals surface area contributed by atoms with Crippen LogP contribution in [0.15, 0.2) is 30.7 Å². The predicted octanol–water partition coefficient (Wildman–Crippen LogP) is 0.491. The first-order valence-electron chi connectivity index (χ1n) is 10.3. The minimum atomic E-state index is -0.385. The molecule has 164 valence electrons. The number of likely N-dealkylation sites (tertiary alicyclic amines) is 1. The third kappa shape index (κ3) is 3.97. The largest absolute Gasteiger partial charge is 0.350 e. The molecule has 0 spiro atoms. The Bertz CT molecular complexity index is 988. The lowest BCUT2D eigenvalue weighted by Gasteiger charge is -2.22. The number of urea groups is 1. The van der Waals surface area contributed by atoms with E-state index in [1.807, 2.05) is 18.2 Å². The zero-order valence-electron chi connectivity index (χ0n) is 18.0. The van der Waals surface area contributed by atoms with Crippen molar-refractivity contribution < 1.29 is 14.4 Å². The van der Waals surface area contributed by atoms with Gasteiger partial charge in [-0.1, -0.05) is 6.07 Å². The van der Waals surface area contributed by atoms with E-state index in [1.165, 1.54) is 0 Å². The number of amides is 4. The molecule has 2 atom stereocenters. The van der Waals surface area contributed by atoms with Crippen LogP contribution in [0, 0.1) is 5.92 Å². The third-order valence-corrected chi connectivity index (χ3v) is 5.88. The molecule has 10 heteroatoms. The summed E-state index contributed by atoms with van der Waals surface area (Å²) >= 11 is 0. The van der Waals surface area contributed by atoms with E-state index in [-0.39, 0.29) is 41.2 Å². The second kappa shape index (κ2) is 8.37. The molecule has 1 fully saturated rings. The number of fused-ring (bicyclic) bond motifs is 3. The Kier molecular flexibility index (Phi) is 5.62. The second-order valence-electron chi connectivity index (χ2n) is 8.27. The monoisotopic (exact) mass is 425 g/mol. The van der Waals surface area contributed by atoms with Gasteiger partial charge >= 0.3 is 6.03 Å². The lowest BCUT2D eigenvalue weighted by molar-refractivity contribution is 0.0772. The van der Waals surface area contributed by atoms with Gasteiger partial charge in [0.25, 0.3) is 11.8 Å². The number of rotatable bonds is 4. The molecule has 0 saturated carbocycles. The van der Waals surface area contributed by atoms with Crippen molar-refractivity contribution in [2.75, 3.05) is 47.3 Å². The molecule has 0 bridgehead atoms. The fraction of sp³-hybridized carbons (Fsp3) is 0.476. The van der Waals surface area contributed by atoms with Crippen LogP contribution in [-0.4, -0.2) is 94.4 Å². The Morgan fingerprint density at radius 3 is 2.71 bits per heavy atom. The number of carbonyl (C=O) groups is 3. The highest BCUT2D eigenvalue weighted by molar-refractivity contribution is 6.05. The molecular weight excluding hydrogens is 398 g/mol. The first-order chi connectivity index (χ1) is 14.9. The number of hydrogen-bond donors (Lipinski definition) is 1. The summed E-state index contributed by atoms with van der Waals surface area (Å²) in [7, 11) is 5.17. The van der Waals surface area contributed by atoms with E-state index in [9.17, 15) is 14.4 Å². The maximum Gasteiger partial charge on any atom is 0.319 e. The molecule has 4 heterocycles. The Balaban J connectivity index is 1.54. The zero-order chi connectivity index (χ0) is 22.1. The average Bonchev–Trinajstić information content (AvgIpc) is 3.35. The summed E-state index contributed by atoms with van der Waals surface area (Å²) in [5.41, 5.74) is 1.28. The number of imidazole rings is 1. The van der Waals surface area contributed by atoms with Crippen molar-refractivity contribution in [3.63, 3.8) is 0 Å². The van der Waals surface area contributed by atoms with Crippen molar-refractivity contribution in [1.29, 1.82) is 0 Å². The first-order valence-corrected chi connectivity index (χ1v) is 10.3. The summed E-state index contributed by atoms with van der Waals surface area (Å²) in [5, 5.41) is 2.84. The van der Waals surface area contributed by atoms with Crippen LogP contribution < -0.4 is 5.32 Å². The van der Waals surface area contributed by atoms with Gasteiger partial charge < -0.3 is 24.6 Å². The summed E-state index contributed by atoms with van der Waals surface area (Å²) in [6.07, 6.45) is 3.85. The normalized spacial score (nSPS) is 20.2. The number of hydrogen-bond acceptors (Lipinski definition) is 5. The fourth-order valence-corrected chi connectivity index (χ4v) is 4.33. The Labute approximate surface area is 180 Å². The maximum atomic E-state index is 13.1. The topological polar surface area (TPSA) is 104 Å². The van der Waals surface area contributed by atoms with Crippen LogP contribution in [-0.2, 0) is 6.42 Å². The molecule has 4 rings (SSSR count). The molecule has 0 aliphatic carbocycles. The highest BCUT2D eigenvalue weighted by Gasteiger charge is 2.43. The molecule has 2 aliphatic heterocycles. The van der Waals surface area contributed by atoms with E-state index in [1.54, 1.807) is 52.9 Å². The lowest BCUT2D eigenvalue weighted by atomic mass is 10.0. The summed E-state index contributed by atoms with van der Waals surface area (Å²) in [4.78, 5) is 51.8. The van der Waals surface area contributed by atoms with E-state index in [4.69, 9.17) is 0 Å². The van der Waals surface area contributed by atoms with Crippen LogP contribution in [0.3, 0.4) is 0 Å². The van der Waals surface area contributed by atoms with E-state index in [0.717, 1.165) is 5.69 Å². The molecule has 4 amide bonds. The standard InChI is InChI=1S/C21H27N7O3/c1-25(2)21(31)27-11-14-10-26(3)20(30)18-17(24-13-28(18)16(14)12-27)19(29)23-9-7-15-6-4-5-8-22-15/h4-6,8,13-14,16H,7,9-12H2,1-3H3,(H,23,29). The van der Waals surface area contributed by atoms with Crippen molar-refractivity contribution in [1.82, 2.24) is 34.6 Å². The fourth-order valence-electron chi connectivity index (χ4n) is 4.33. The minimum absolute atomic E-state index is 0.0591. The molecule has 2 unspecified atom stereocenters. The van der Waals surface area contributed by atoms with Crippen LogP contribution in [0.5, 0.6) is 0 Å². The van der Waals surface area contributed by atoms with Gasteiger partial charge in [0.15, 0.2) is 5.69 Å². The van der Waals surface area contributed by atoms with Gasteiger partial charge in [0.2, 0.25) is 0 Å². The van der Waals surface area contributed by atoms with Crippen molar-refractivity contribution in [2.45, 2.75) is 12.5 Å².